The standard InChI is InChI=1S/C16H19N5O2S/c1-11-14(22)21(17)16(19-18-11)24-13(12-7-3-2-4-8-12)15(23)20-9-5-6-10-20/h2-4,7-8,13H,5-6,9-10,17H2,1H3/t13-/m0/s1. The van der Waals surface area contributed by atoms with Crippen molar-refractivity contribution >= 4 is 17.7 Å². The molecule has 0 unspecified atom stereocenters. The minimum absolute atomic E-state index is 0.0125. The molecule has 1 aliphatic rings. The zero-order valence-corrected chi connectivity index (χ0v) is 14.2. The fourth-order valence-electron chi connectivity index (χ4n) is 2.65. The van der Waals surface area contributed by atoms with Crippen molar-refractivity contribution in [3.8, 4) is 0 Å². The van der Waals surface area contributed by atoms with Crippen LogP contribution in [0.3, 0.4) is 0 Å². The molecular formula is C16H19N5O2S. The molecule has 7 nitrogen and oxygen atoms in total. The molecule has 1 fully saturated rings. The van der Waals surface area contributed by atoms with Crippen LogP contribution in [0.2, 0.25) is 0 Å². The first-order valence-corrected chi connectivity index (χ1v) is 8.67. The summed E-state index contributed by atoms with van der Waals surface area (Å²) in [5.74, 6) is 5.83. The lowest BCUT2D eigenvalue weighted by molar-refractivity contribution is -0.129. The van der Waals surface area contributed by atoms with Crippen LogP contribution in [-0.4, -0.2) is 38.8 Å². The Morgan fingerprint density at radius 1 is 1.21 bits per heavy atom. The van der Waals surface area contributed by atoms with E-state index < -0.39 is 10.8 Å². The van der Waals surface area contributed by atoms with E-state index in [0.717, 1.165) is 47.9 Å². The van der Waals surface area contributed by atoms with Crippen molar-refractivity contribution in [2.75, 3.05) is 18.9 Å². The van der Waals surface area contributed by atoms with Gasteiger partial charge in [0.15, 0.2) is 0 Å². The van der Waals surface area contributed by atoms with Gasteiger partial charge in [0, 0.05) is 13.1 Å². The molecule has 0 saturated carbocycles. The average molecular weight is 345 g/mol. The number of rotatable bonds is 4. The van der Waals surface area contributed by atoms with Crippen LogP contribution in [0, 0.1) is 6.92 Å². The van der Waals surface area contributed by atoms with Gasteiger partial charge in [0.1, 0.15) is 10.9 Å². The van der Waals surface area contributed by atoms with Gasteiger partial charge >= 0.3 is 0 Å². The summed E-state index contributed by atoms with van der Waals surface area (Å²) in [7, 11) is 0. The molecule has 1 aliphatic heterocycles. The SMILES string of the molecule is Cc1nnc(S[C@H](C(=O)N2CCCC2)c2ccccc2)n(N)c1=O. The van der Waals surface area contributed by atoms with Gasteiger partial charge in [-0.1, -0.05) is 42.1 Å². The van der Waals surface area contributed by atoms with Crippen LogP contribution in [0.15, 0.2) is 40.3 Å². The first-order chi connectivity index (χ1) is 11.6. The van der Waals surface area contributed by atoms with Gasteiger partial charge in [-0.25, -0.2) is 0 Å². The van der Waals surface area contributed by atoms with Gasteiger partial charge < -0.3 is 10.7 Å². The lowest BCUT2D eigenvalue weighted by Crippen LogP contribution is -2.34. The predicted octanol–water partition coefficient (Wildman–Crippen LogP) is 1.12. The molecule has 1 saturated heterocycles. The van der Waals surface area contributed by atoms with Crippen LogP contribution in [0.25, 0.3) is 0 Å². The van der Waals surface area contributed by atoms with E-state index in [9.17, 15) is 9.59 Å². The smallest absolute Gasteiger partial charge is 0.294 e. The van der Waals surface area contributed by atoms with E-state index >= 15 is 0 Å². The number of carbonyl (C=O) groups is 1. The Labute approximate surface area is 143 Å². The molecule has 1 atom stereocenters. The second-order valence-electron chi connectivity index (χ2n) is 5.68. The fraction of sp³-hybridized carbons (Fsp3) is 0.375. The third kappa shape index (κ3) is 3.28. The minimum Gasteiger partial charge on any atom is -0.341 e. The Morgan fingerprint density at radius 2 is 1.88 bits per heavy atom. The number of aromatic nitrogens is 3. The van der Waals surface area contributed by atoms with Crippen molar-refractivity contribution in [2.24, 2.45) is 0 Å². The number of amides is 1. The van der Waals surface area contributed by atoms with E-state index in [1.807, 2.05) is 35.2 Å². The van der Waals surface area contributed by atoms with Gasteiger partial charge in [0.05, 0.1) is 0 Å². The fourth-order valence-corrected chi connectivity index (χ4v) is 3.69. The van der Waals surface area contributed by atoms with Crippen LogP contribution in [-0.2, 0) is 4.79 Å². The summed E-state index contributed by atoms with van der Waals surface area (Å²) >= 11 is 1.16. The first kappa shape index (κ1) is 16.5. The third-order valence-corrected chi connectivity index (χ3v) is 5.19. The number of hydrogen-bond acceptors (Lipinski definition) is 6. The predicted molar refractivity (Wildman–Crippen MR) is 92.0 cm³/mol. The molecule has 2 N–H and O–H groups in total. The topological polar surface area (TPSA) is 94.1 Å². The number of nitrogen functional groups attached to an aromatic ring is 1. The van der Waals surface area contributed by atoms with Gasteiger partial charge in [0.25, 0.3) is 5.56 Å². The summed E-state index contributed by atoms with van der Waals surface area (Å²) in [6.45, 7) is 3.08. The van der Waals surface area contributed by atoms with Crippen molar-refractivity contribution in [3.63, 3.8) is 0 Å². The van der Waals surface area contributed by atoms with Gasteiger partial charge in [-0.3, -0.25) is 9.59 Å². The number of benzene rings is 1. The van der Waals surface area contributed by atoms with Crippen molar-refractivity contribution in [2.45, 2.75) is 30.2 Å². The van der Waals surface area contributed by atoms with Crippen molar-refractivity contribution < 1.29 is 4.79 Å². The normalized spacial score (nSPS) is 15.5. The van der Waals surface area contributed by atoms with Crippen molar-refractivity contribution in [1.29, 1.82) is 0 Å². The highest BCUT2D eigenvalue weighted by Crippen LogP contribution is 2.35. The van der Waals surface area contributed by atoms with Crippen LogP contribution < -0.4 is 11.4 Å². The maximum Gasteiger partial charge on any atom is 0.294 e. The molecule has 1 aromatic heterocycles. The minimum atomic E-state index is -0.504. The molecule has 126 valence electrons. The molecule has 2 heterocycles. The molecule has 0 spiro atoms. The molecule has 1 aromatic carbocycles. The average Bonchev–Trinajstić information content (AvgIpc) is 3.14. The Morgan fingerprint density at radius 3 is 2.54 bits per heavy atom. The molecule has 0 radical (unpaired) electrons. The number of nitrogens with two attached hydrogens (primary N) is 1. The Hall–Kier alpha value is -2.35. The number of aryl methyl sites for hydroxylation is 1. The number of nitrogens with zero attached hydrogens (tertiary/aromatic N) is 4. The van der Waals surface area contributed by atoms with Crippen LogP contribution in [0.5, 0.6) is 0 Å². The maximum absolute atomic E-state index is 12.9. The molecular weight excluding hydrogens is 326 g/mol. The summed E-state index contributed by atoms with van der Waals surface area (Å²) in [5, 5.41) is 7.55. The molecule has 0 aliphatic carbocycles. The van der Waals surface area contributed by atoms with E-state index in [1.54, 1.807) is 6.92 Å². The largest absolute Gasteiger partial charge is 0.341 e. The molecule has 2 aromatic rings. The summed E-state index contributed by atoms with van der Waals surface area (Å²) in [6.07, 6.45) is 2.04. The summed E-state index contributed by atoms with van der Waals surface area (Å²) in [5.41, 5.74) is 0.672. The quantitative estimate of drug-likeness (QED) is 0.659. The number of hydrogen-bond donors (Lipinski definition) is 1. The first-order valence-electron chi connectivity index (χ1n) is 7.79. The zero-order valence-electron chi connectivity index (χ0n) is 13.4. The van der Waals surface area contributed by atoms with E-state index in [4.69, 9.17) is 5.84 Å². The van der Waals surface area contributed by atoms with E-state index in [2.05, 4.69) is 10.2 Å². The van der Waals surface area contributed by atoms with Gasteiger partial charge in [0.2, 0.25) is 11.1 Å². The lowest BCUT2D eigenvalue weighted by Gasteiger charge is -2.23. The van der Waals surface area contributed by atoms with Gasteiger partial charge in [-0.2, -0.15) is 4.68 Å². The lowest BCUT2D eigenvalue weighted by atomic mass is 10.1. The highest BCUT2D eigenvalue weighted by atomic mass is 32.2. The molecule has 8 heteroatoms. The Bertz CT molecular complexity index is 787. The van der Waals surface area contributed by atoms with Crippen molar-refractivity contribution in [3.05, 3.63) is 51.9 Å². The van der Waals surface area contributed by atoms with Crippen LogP contribution in [0.4, 0.5) is 0 Å². The summed E-state index contributed by atoms with van der Waals surface area (Å²) in [6, 6.07) is 9.46. The number of thioether (sulfide) groups is 1. The highest BCUT2D eigenvalue weighted by Gasteiger charge is 2.30. The number of carbonyl (C=O) groups excluding carboxylic acids is 1. The summed E-state index contributed by atoms with van der Waals surface area (Å²) in [4.78, 5) is 26.8. The van der Waals surface area contributed by atoms with E-state index in [1.165, 1.54) is 0 Å². The van der Waals surface area contributed by atoms with Crippen LogP contribution >= 0.6 is 11.8 Å². The number of likely N-dealkylation sites (tertiary alicyclic amines) is 1. The van der Waals surface area contributed by atoms with Crippen molar-refractivity contribution in [1.82, 2.24) is 19.8 Å². The Kier molecular flexibility index (Phi) is 4.84. The highest BCUT2D eigenvalue weighted by molar-refractivity contribution is 8.00. The summed E-state index contributed by atoms with van der Waals surface area (Å²) < 4.78 is 0.959. The monoisotopic (exact) mass is 345 g/mol. The second kappa shape index (κ2) is 7.04. The Balaban J connectivity index is 1.95. The third-order valence-electron chi connectivity index (χ3n) is 3.99. The molecule has 0 bridgehead atoms. The van der Waals surface area contributed by atoms with Crippen LogP contribution in [0.1, 0.15) is 29.3 Å². The molecule has 24 heavy (non-hydrogen) atoms. The molecule has 1 amide bonds. The zero-order chi connectivity index (χ0) is 17.1. The van der Waals surface area contributed by atoms with Gasteiger partial charge in [-0.05, 0) is 25.3 Å². The van der Waals surface area contributed by atoms with Gasteiger partial charge in [-0.15, -0.1) is 10.2 Å². The maximum atomic E-state index is 12.9. The second-order valence-corrected chi connectivity index (χ2v) is 6.76. The van der Waals surface area contributed by atoms with E-state index in [-0.39, 0.29) is 16.8 Å². The molecule has 3 rings (SSSR count). The van der Waals surface area contributed by atoms with E-state index in [0.29, 0.717) is 0 Å².